The van der Waals surface area contributed by atoms with Gasteiger partial charge in [-0.05, 0) is 12.5 Å². The van der Waals surface area contributed by atoms with Crippen molar-refractivity contribution in [1.29, 1.82) is 0 Å². The maximum atomic E-state index is 10.5. The first-order valence-corrected chi connectivity index (χ1v) is 5.70. The van der Waals surface area contributed by atoms with Crippen LogP contribution in [0.2, 0.25) is 0 Å². The molecule has 0 radical (unpaired) electrons. The second kappa shape index (κ2) is 11.2. The van der Waals surface area contributed by atoms with E-state index in [-0.39, 0.29) is 5.92 Å². The van der Waals surface area contributed by atoms with Crippen molar-refractivity contribution in [1.82, 2.24) is 0 Å². The molecule has 1 aliphatic carbocycles. The molecule has 4 nitrogen and oxygen atoms in total. The van der Waals surface area contributed by atoms with Crippen LogP contribution in [0.3, 0.4) is 0 Å². The Kier molecular flexibility index (Phi) is 11.9. The van der Waals surface area contributed by atoms with Crippen LogP contribution in [0.4, 0.5) is 0 Å². The Morgan fingerprint density at radius 1 is 1.35 bits per heavy atom. The summed E-state index contributed by atoms with van der Waals surface area (Å²) in [6.45, 7) is 6.01. The molecule has 0 aromatic heterocycles. The molecule has 4 heteroatoms. The van der Waals surface area contributed by atoms with Crippen molar-refractivity contribution in [2.45, 2.75) is 27.2 Å². The molecule has 0 amide bonds. The Morgan fingerprint density at radius 3 is 2.18 bits per heavy atom. The van der Waals surface area contributed by atoms with E-state index in [1.54, 1.807) is 27.4 Å². The van der Waals surface area contributed by atoms with E-state index in [4.69, 9.17) is 10.5 Å². The van der Waals surface area contributed by atoms with Crippen molar-refractivity contribution < 1.29 is 14.3 Å². The fourth-order valence-electron chi connectivity index (χ4n) is 1.31. The normalized spacial score (nSPS) is 18.0. The summed E-state index contributed by atoms with van der Waals surface area (Å²) in [4.78, 5) is 10.5. The number of ether oxygens (including phenoxy) is 2. The smallest absolute Gasteiger partial charge is 0.148 e. The number of aldehydes is 1. The van der Waals surface area contributed by atoms with Gasteiger partial charge in [-0.25, -0.2) is 0 Å². The summed E-state index contributed by atoms with van der Waals surface area (Å²) in [5.74, 6) is 1.10. The van der Waals surface area contributed by atoms with Crippen LogP contribution in [0.15, 0.2) is 23.1 Å². The maximum Gasteiger partial charge on any atom is 0.148 e. The first kappa shape index (κ1) is 18.1. The van der Waals surface area contributed by atoms with E-state index < -0.39 is 0 Å². The van der Waals surface area contributed by atoms with E-state index in [0.717, 1.165) is 12.0 Å². The summed E-state index contributed by atoms with van der Waals surface area (Å²) >= 11 is 0. The SMILES string of the molecule is CC.COC.COC1=CC(N)=C(C=O)CC1C. The Morgan fingerprint density at radius 2 is 1.82 bits per heavy atom. The van der Waals surface area contributed by atoms with Crippen molar-refractivity contribution >= 4 is 6.29 Å². The fourth-order valence-corrected chi connectivity index (χ4v) is 1.31. The molecular weight excluding hydrogens is 218 g/mol. The first-order chi connectivity index (χ1) is 8.10. The number of carbonyl (C=O) groups excluding carboxylic acids is 1. The molecule has 0 spiro atoms. The van der Waals surface area contributed by atoms with Crippen LogP contribution in [0, 0.1) is 5.92 Å². The highest BCUT2D eigenvalue weighted by Gasteiger charge is 2.18. The van der Waals surface area contributed by atoms with Crippen LogP contribution in [0.5, 0.6) is 0 Å². The number of rotatable bonds is 2. The molecule has 1 unspecified atom stereocenters. The summed E-state index contributed by atoms with van der Waals surface area (Å²) in [5, 5.41) is 0. The highest BCUT2D eigenvalue weighted by molar-refractivity contribution is 5.76. The van der Waals surface area contributed by atoms with Crippen LogP contribution in [-0.2, 0) is 14.3 Å². The summed E-state index contributed by atoms with van der Waals surface area (Å²) in [5.41, 5.74) is 6.81. The monoisotopic (exact) mass is 243 g/mol. The largest absolute Gasteiger partial charge is 0.501 e. The van der Waals surface area contributed by atoms with Crippen molar-refractivity contribution in [2.24, 2.45) is 11.7 Å². The Bertz CT molecular complexity index is 270. The first-order valence-electron chi connectivity index (χ1n) is 5.70. The Balaban J connectivity index is 0. The van der Waals surface area contributed by atoms with E-state index in [0.29, 0.717) is 17.7 Å². The van der Waals surface area contributed by atoms with Crippen molar-refractivity contribution in [2.75, 3.05) is 21.3 Å². The number of carbonyl (C=O) groups is 1. The van der Waals surface area contributed by atoms with Gasteiger partial charge in [0.1, 0.15) is 12.0 Å². The number of hydrogen-bond donors (Lipinski definition) is 1. The van der Waals surface area contributed by atoms with E-state index in [1.165, 1.54) is 0 Å². The van der Waals surface area contributed by atoms with Gasteiger partial charge in [-0.2, -0.15) is 0 Å². The minimum absolute atomic E-state index is 0.252. The average Bonchev–Trinajstić information content (AvgIpc) is 2.35. The molecule has 0 bridgehead atoms. The highest BCUT2D eigenvalue weighted by atomic mass is 16.5. The molecule has 1 atom stereocenters. The third-order valence-corrected chi connectivity index (χ3v) is 2.06. The lowest BCUT2D eigenvalue weighted by molar-refractivity contribution is -0.105. The molecule has 0 fully saturated rings. The zero-order valence-corrected chi connectivity index (χ0v) is 11.7. The highest BCUT2D eigenvalue weighted by Crippen LogP contribution is 2.26. The van der Waals surface area contributed by atoms with Gasteiger partial charge in [0.05, 0.1) is 7.11 Å². The van der Waals surface area contributed by atoms with Gasteiger partial charge in [-0.15, -0.1) is 0 Å². The molecule has 0 aromatic rings. The lowest BCUT2D eigenvalue weighted by atomic mass is 9.93. The topological polar surface area (TPSA) is 61.6 Å². The second-order valence-electron chi connectivity index (χ2n) is 3.36. The minimum atomic E-state index is 0.252. The van der Waals surface area contributed by atoms with Gasteiger partial charge in [0.2, 0.25) is 0 Å². The molecule has 2 N–H and O–H groups in total. The predicted molar refractivity (Wildman–Crippen MR) is 70.4 cm³/mol. The third-order valence-electron chi connectivity index (χ3n) is 2.06. The molecule has 0 heterocycles. The van der Waals surface area contributed by atoms with Crippen LogP contribution in [-0.4, -0.2) is 27.6 Å². The number of allylic oxidation sites excluding steroid dienone is 3. The summed E-state index contributed by atoms with van der Waals surface area (Å²) in [6.07, 6.45) is 3.21. The van der Waals surface area contributed by atoms with Gasteiger partial charge >= 0.3 is 0 Å². The van der Waals surface area contributed by atoms with Crippen molar-refractivity contribution in [3.05, 3.63) is 23.1 Å². The third kappa shape index (κ3) is 6.79. The zero-order chi connectivity index (χ0) is 13.8. The van der Waals surface area contributed by atoms with Gasteiger partial charge in [-0.1, -0.05) is 20.8 Å². The maximum absolute atomic E-state index is 10.5. The lowest BCUT2D eigenvalue weighted by Crippen LogP contribution is -2.14. The van der Waals surface area contributed by atoms with Crippen LogP contribution < -0.4 is 5.73 Å². The molecule has 0 saturated heterocycles. The zero-order valence-electron chi connectivity index (χ0n) is 11.7. The Labute approximate surface area is 104 Å². The number of methoxy groups -OCH3 is 2. The van der Waals surface area contributed by atoms with Crippen LogP contribution in [0.1, 0.15) is 27.2 Å². The fraction of sp³-hybridized carbons (Fsp3) is 0.615. The minimum Gasteiger partial charge on any atom is -0.501 e. The lowest BCUT2D eigenvalue weighted by Gasteiger charge is -2.20. The summed E-state index contributed by atoms with van der Waals surface area (Å²) in [6, 6.07) is 0. The van der Waals surface area contributed by atoms with E-state index in [1.807, 2.05) is 20.8 Å². The van der Waals surface area contributed by atoms with Crippen molar-refractivity contribution in [3.63, 3.8) is 0 Å². The summed E-state index contributed by atoms with van der Waals surface area (Å²) in [7, 11) is 4.86. The molecule has 100 valence electrons. The molecule has 0 aliphatic heterocycles. The number of hydrogen-bond acceptors (Lipinski definition) is 4. The molecule has 17 heavy (non-hydrogen) atoms. The van der Waals surface area contributed by atoms with Gasteiger partial charge in [0.25, 0.3) is 0 Å². The van der Waals surface area contributed by atoms with Crippen LogP contribution >= 0.6 is 0 Å². The van der Waals surface area contributed by atoms with Crippen molar-refractivity contribution in [3.8, 4) is 0 Å². The summed E-state index contributed by atoms with van der Waals surface area (Å²) < 4.78 is 9.35. The number of nitrogens with two attached hydrogens (primary N) is 1. The Hall–Kier alpha value is -1.29. The second-order valence-corrected chi connectivity index (χ2v) is 3.36. The van der Waals surface area contributed by atoms with Gasteiger partial charge < -0.3 is 15.2 Å². The molecule has 0 saturated carbocycles. The van der Waals surface area contributed by atoms with E-state index in [9.17, 15) is 4.79 Å². The van der Waals surface area contributed by atoms with Crippen LogP contribution in [0.25, 0.3) is 0 Å². The average molecular weight is 243 g/mol. The van der Waals surface area contributed by atoms with E-state index >= 15 is 0 Å². The van der Waals surface area contributed by atoms with Gasteiger partial charge in [-0.3, -0.25) is 4.79 Å². The standard InChI is InChI=1S/C9H13NO2.C2H6O.C2H6/c1-6-3-7(5-11)8(10)4-9(6)12-2;1-3-2;1-2/h4-6H,3,10H2,1-2H3;1-2H3;1-2H3. The predicted octanol–water partition coefficient (Wildman–Crippen LogP) is 2.26. The molecule has 0 aromatic carbocycles. The molecular formula is C13H25NO3. The quantitative estimate of drug-likeness (QED) is 0.756. The van der Waals surface area contributed by atoms with E-state index in [2.05, 4.69) is 4.74 Å². The van der Waals surface area contributed by atoms with Gasteiger partial charge in [0.15, 0.2) is 0 Å². The molecule has 1 rings (SSSR count). The van der Waals surface area contributed by atoms with Gasteiger partial charge in [0, 0.05) is 31.4 Å². The molecule has 1 aliphatic rings.